The molecule has 0 aromatic carbocycles. The predicted octanol–water partition coefficient (Wildman–Crippen LogP) is 1.28. The van der Waals surface area contributed by atoms with Crippen molar-refractivity contribution in [1.82, 2.24) is 0 Å². The highest BCUT2D eigenvalue weighted by atomic mass is 19.1. The summed E-state index contributed by atoms with van der Waals surface area (Å²) in [5.74, 6) is 0. The van der Waals surface area contributed by atoms with Gasteiger partial charge >= 0.3 is 0 Å². The standard InChI is InChI=1S/C4H5F2/c1-4(2-5)3-6/h1H,2-3H2. The molecule has 0 saturated carbocycles. The van der Waals surface area contributed by atoms with Gasteiger partial charge in [-0.2, -0.15) is 0 Å². The van der Waals surface area contributed by atoms with Crippen molar-refractivity contribution in [2.75, 3.05) is 13.3 Å². The van der Waals surface area contributed by atoms with Gasteiger partial charge in [0.2, 0.25) is 0 Å². The molecule has 0 N–H and O–H groups in total. The first-order valence-corrected chi connectivity index (χ1v) is 1.53. The fraction of sp³-hybridized carbons (Fsp3) is 0.500. The summed E-state index contributed by atoms with van der Waals surface area (Å²) >= 11 is 0. The summed E-state index contributed by atoms with van der Waals surface area (Å²) in [5.41, 5.74) is -0.241. The van der Waals surface area contributed by atoms with Crippen LogP contribution in [0.2, 0.25) is 0 Å². The minimum Gasteiger partial charge on any atom is -0.246 e. The molecule has 0 aliphatic heterocycles. The average Bonchev–Trinajstić information content (AvgIpc) is 1.65. The maximum absolute atomic E-state index is 11.0. The van der Waals surface area contributed by atoms with E-state index in [-0.39, 0.29) is 5.57 Å². The Bertz CT molecular complexity index is 43.5. The van der Waals surface area contributed by atoms with Crippen LogP contribution in [0.3, 0.4) is 0 Å². The highest BCUT2D eigenvalue weighted by Crippen LogP contribution is 1.88. The number of hydrogen-bond acceptors (Lipinski definition) is 0. The lowest BCUT2D eigenvalue weighted by molar-refractivity contribution is 0.475. The predicted molar refractivity (Wildman–Crippen MR) is 19.8 cm³/mol. The van der Waals surface area contributed by atoms with Gasteiger partial charge in [0.1, 0.15) is 13.3 Å². The Morgan fingerprint density at radius 2 is 1.67 bits per heavy atom. The van der Waals surface area contributed by atoms with E-state index in [1.54, 1.807) is 0 Å². The Hall–Kier alpha value is -0.400. The van der Waals surface area contributed by atoms with Crippen LogP contribution in [0.25, 0.3) is 0 Å². The third-order valence-electron chi connectivity index (χ3n) is 0.343. The van der Waals surface area contributed by atoms with Crippen molar-refractivity contribution < 1.29 is 8.78 Å². The first-order chi connectivity index (χ1) is 2.81. The van der Waals surface area contributed by atoms with Gasteiger partial charge in [-0.3, -0.25) is 0 Å². The van der Waals surface area contributed by atoms with E-state index in [0.717, 1.165) is 0 Å². The minimum atomic E-state index is -0.851. The van der Waals surface area contributed by atoms with E-state index in [0.29, 0.717) is 0 Å². The molecule has 0 rings (SSSR count). The normalized spacial score (nSPS) is 8.33. The lowest BCUT2D eigenvalue weighted by Gasteiger charge is -1.82. The molecule has 0 heterocycles. The molecular formula is C4H5F2. The van der Waals surface area contributed by atoms with E-state index >= 15 is 0 Å². The fourth-order valence-corrected chi connectivity index (χ4v) is 0.0357. The number of alkyl halides is 2. The molecule has 0 atom stereocenters. The van der Waals surface area contributed by atoms with E-state index in [4.69, 9.17) is 0 Å². The lowest BCUT2D eigenvalue weighted by atomic mass is 10.4. The molecule has 0 spiro atoms. The van der Waals surface area contributed by atoms with Crippen LogP contribution in [-0.4, -0.2) is 13.3 Å². The van der Waals surface area contributed by atoms with Crippen molar-refractivity contribution in [1.29, 1.82) is 0 Å². The summed E-state index contributed by atoms with van der Waals surface area (Å²) < 4.78 is 22.0. The first-order valence-electron chi connectivity index (χ1n) is 1.53. The van der Waals surface area contributed by atoms with Gasteiger partial charge in [-0.1, -0.05) is 6.58 Å². The minimum absolute atomic E-state index is 0.241. The van der Waals surface area contributed by atoms with Crippen molar-refractivity contribution in [2.24, 2.45) is 0 Å². The van der Waals surface area contributed by atoms with Gasteiger partial charge in [-0.15, -0.1) is 0 Å². The molecule has 0 aliphatic rings. The number of rotatable bonds is 2. The second-order valence-electron chi connectivity index (χ2n) is 0.926. The third kappa shape index (κ3) is 1.88. The van der Waals surface area contributed by atoms with Crippen LogP contribution >= 0.6 is 0 Å². The summed E-state index contributed by atoms with van der Waals surface area (Å²) in [6, 6.07) is 0. The van der Waals surface area contributed by atoms with E-state index in [1.165, 1.54) is 0 Å². The molecular weight excluding hydrogens is 86.0 g/mol. The molecule has 35 valence electrons. The Labute approximate surface area is 35.5 Å². The highest BCUT2D eigenvalue weighted by molar-refractivity contribution is 4.89. The summed E-state index contributed by atoms with van der Waals surface area (Å²) in [7, 11) is 0. The lowest BCUT2D eigenvalue weighted by Crippen LogP contribution is -1.82. The molecule has 0 fully saturated rings. The van der Waals surface area contributed by atoms with Crippen LogP contribution in [0.1, 0.15) is 0 Å². The van der Waals surface area contributed by atoms with Crippen molar-refractivity contribution >= 4 is 0 Å². The van der Waals surface area contributed by atoms with Crippen molar-refractivity contribution in [3.63, 3.8) is 0 Å². The molecule has 0 amide bonds. The molecule has 0 unspecified atom stereocenters. The summed E-state index contributed by atoms with van der Waals surface area (Å²) in [6.45, 7) is 2.94. The van der Waals surface area contributed by atoms with E-state index in [2.05, 4.69) is 6.58 Å². The van der Waals surface area contributed by atoms with Gasteiger partial charge in [0.25, 0.3) is 0 Å². The molecule has 0 saturated heterocycles. The maximum atomic E-state index is 11.0. The molecule has 0 aromatic heterocycles. The van der Waals surface area contributed by atoms with Crippen molar-refractivity contribution in [2.45, 2.75) is 0 Å². The van der Waals surface area contributed by atoms with E-state index < -0.39 is 13.3 Å². The van der Waals surface area contributed by atoms with Crippen molar-refractivity contribution in [3.05, 3.63) is 12.2 Å². The Morgan fingerprint density at radius 1 is 1.33 bits per heavy atom. The zero-order valence-electron chi connectivity index (χ0n) is 3.25. The largest absolute Gasteiger partial charge is 0.246 e. The molecule has 0 aromatic rings. The Morgan fingerprint density at radius 3 is 1.67 bits per heavy atom. The van der Waals surface area contributed by atoms with Crippen molar-refractivity contribution in [3.8, 4) is 0 Å². The first kappa shape index (κ1) is 5.60. The smallest absolute Gasteiger partial charge is 0.113 e. The Balaban J connectivity index is 2.99. The van der Waals surface area contributed by atoms with E-state index in [1.807, 2.05) is 0 Å². The number of allylic oxidation sites excluding steroid dienone is 1. The summed E-state index contributed by atoms with van der Waals surface area (Å²) in [6.07, 6.45) is 0. The zero-order valence-corrected chi connectivity index (χ0v) is 3.25. The van der Waals surface area contributed by atoms with Gasteiger partial charge < -0.3 is 0 Å². The highest BCUT2D eigenvalue weighted by Gasteiger charge is 1.85. The third-order valence-corrected chi connectivity index (χ3v) is 0.343. The van der Waals surface area contributed by atoms with Crippen LogP contribution < -0.4 is 0 Å². The zero-order chi connectivity index (χ0) is 4.99. The fourth-order valence-electron chi connectivity index (χ4n) is 0.0357. The van der Waals surface area contributed by atoms with Crippen LogP contribution in [0.15, 0.2) is 5.57 Å². The second-order valence-corrected chi connectivity index (χ2v) is 0.926. The van der Waals surface area contributed by atoms with E-state index in [9.17, 15) is 8.78 Å². The maximum Gasteiger partial charge on any atom is 0.113 e. The molecule has 0 nitrogen and oxygen atoms in total. The monoisotopic (exact) mass is 91.0 g/mol. The van der Waals surface area contributed by atoms with Gasteiger partial charge in [-0.05, 0) is 5.57 Å². The van der Waals surface area contributed by atoms with Crippen LogP contribution in [0, 0.1) is 6.58 Å². The molecule has 0 aliphatic carbocycles. The van der Waals surface area contributed by atoms with Gasteiger partial charge in [-0.25, -0.2) is 8.78 Å². The Kier molecular flexibility index (Phi) is 2.63. The van der Waals surface area contributed by atoms with Crippen LogP contribution in [0.4, 0.5) is 8.78 Å². The van der Waals surface area contributed by atoms with Crippen LogP contribution in [-0.2, 0) is 0 Å². The molecule has 6 heavy (non-hydrogen) atoms. The number of halogens is 2. The molecule has 1 radical (unpaired) electrons. The summed E-state index contributed by atoms with van der Waals surface area (Å²) in [4.78, 5) is 0. The second kappa shape index (κ2) is 2.82. The quantitative estimate of drug-likeness (QED) is 0.480. The van der Waals surface area contributed by atoms with Gasteiger partial charge in [0.15, 0.2) is 0 Å². The van der Waals surface area contributed by atoms with Crippen LogP contribution in [0.5, 0.6) is 0 Å². The van der Waals surface area contributed by atoms with Gasteiger partial charge in [0, 0.05) is 0 Å². The topological polar surface area (TPSA) is 0 Å². The molecule has 2 heteroatoms. The molecule has 0 bridgehead atoms. The number of hydrogen-bond donors (Lipinski definition) is 0. The summed E-state index contributed by atoms with van der Waals surface area (Å²) in [5, 5.41) is 0. The average molecular weight is 91.1 g/mol. The van der Waals surface area contributed by atoms with Gasteiger partial charge in [0.05, 0.1) is 0 Å². The SMILES string of the molecule is [CH]=C(CF)CF.